The van der Waals surface area contributed by atoms with Gasteiger partial charge < -0.3 is 19.3 Å². The van der Waals surface area contributed by atoms with E-state index in [1.807, 2.05) is 47.5 Å². The molecule has 6 heteroatoms. The van der Waals surface area contributed by atoms with E-state index in [4.69, 9.17) is 9.47 Å². The molecule has 0 unspecified atom stereocenters. The van der Waals surface area contributed by atoms with Gasteiger partial charge in [0.2, 0.25) is 0 Å². The Bertz CT molecular complexity index is 778. The molecule has 1 aromatic heterocycles. The van der Waals surface area contributed by atoms with Gasteiger partial charge in [-0.05, 0) is 30.9 Å². The third-order valence-electron chi connectivity index (χ3n) is 5.43. The highest BCUT2D eigenvalue weighted by atomic mass is 16.6. The van der Waals surface area contributed by atoms with Gasteiger partial charge in [-0.3, -0.25) is 0 Å². The van der Waals surface area contributed by atoms with Crippen LogP contribution in [0.2, 0.25) is 0 Å². The second-order valence-corrected chi connectivity index (χ2v) is 7.26. The summed E-state index contributed by atoms with van der Waals surface area (Å²) in [6.45, 7) is 4.10. The minimum Gasteiger partial charge on any atom is -0.445 e. The van der Waals surface area contributed by atoms with Gasteiger partial charge in [-0.1, -0.05) is 36.4 Å². The Hall–Kier alpha value is -2.60. The summed E-state index contributed by atoms with van der Waals surface area (Å²) in [6, 6.07) is 13.9. The fourth-order valence-corrected chi connectivity index (χ4v) is 3.98. The highest BCUT2D eigenvalue weighted by Gasteiger charge is 2.32. The number of aromatic nitrogens is 1. The molecule has 148 valence electrons. The second kappa shape index (κ2) is 9.06. The standard InChI is InChI=1S/C22H27N3O3/c26-22(28-17-18-7-2-1-3-8-18)25-12-5-4-10-20(25)19-9-6-11-23-21(19)24-13-15-27-16-14-24/h1-3,6-9,11,20H,4-5,10,12-17H2/t20-/m0/s1. The van der Waals surface area contributed by atoms with Gasteiger partial charge in [0.15, 0.2) is 0 Å². The molecule has 0 saturated carbocycles. The Morgan fingerprint density at radius 2 is 1.89 bits per heavy atom. The quantitative estimate of drug-likeness (QED) is 0.807. The van der Waals surface area contributed by atoms with Crippen molar-refractivity contribution in [1.82, 2.24) is 9.88 Å². The SMILES string of the molecule is O=C(OCc1ccccc1)N1CCCC[C@H]1c1cccnc1N1CCOCC1. The molecule has 3 heterocycles. The summed E-state index contributed by atoms with van der Waals surface area (Å²) < 4.78 is 11.1. The Labute approximate surface area is 166 Å². The van der Waals surface area contributed by atoms with E-state index in [1.54, 1.807) is 0 Å². The number of morpholine rings is 1. The molecule has 2 aromatic rings. The Kier molecular flexibility index (Phi) is 6.07. The van der Waals surface area contributed by atoms with Crippen LogP contribution in [-0.4, -0.2) is 48.8 Å². The molecular formula is C22H27N3O3. The van der Waals surface area contributed by atoms with Crippen LogP contribution in [0.25, 0.3) is 0 Å². The van der Waals surface area contributed by atoms with Crippen LogP contribution in [0.5, 0.6) is 0 Å². The number of piperidine rings is 1. The maximum absolute atomic E-state index is 12.9. The molecule has 0 radical (unpaired) electrons. The molecule has 1 atom stereocenters. The van der Waals surface area contributed by atoms with E-state index >= 15 is 0 Å². The zero-order chi connectivity index (χ0) is 19.2. The summed E-state index contributed by atoms with van der Waals surface area (Å²) in [5.74, 6) is 0.971. The van der Waals surface area contributed by atoms with Crippen molar-refractivity contribution in [2.75, 3.05) is 37.7 Å². The molecule has 2 aliphatic heterocycles. The molecule has 2 fully saturated rings. The maximum atomic E-state index is 12.9. The highest BCUT2D eigenvalue weighted by Crippen LogP contribution is 2.36. The number of pyridine rings is 1. The lowest BCUT2D eigenvalue weighted by atomic mass is 9.95. The average molecular weight is 381 g/mol. The van der Waals surface area contributed by atoms with Crippen LogP contribution >= 0.6 is 0 Å². The van der Waals surface area contributed by atoms with Gasteiger partial charge in [-0.15, -0.1) is 0 Å². The molecule has 0 N–H and O–H groups in total. The van der Waals surface area contributed by atoms with Gasteiger partial charge in [0.1, 0.15) is 12.4 Å². The number of ether oxygens (including phenoxy) is 2. The largest absolute Gasteiger partial charge is 0.445 e. The van der Waals surface area contributed by atoms with E-state index in [1.165, 1.54) is 0 Å². The van der Waals surface area contributed by atoms with Gasteiger partial charge in [-0.2, -0.15) is 0 Å². The molecule has 2 aliphatic rings. The molecule has 1 aromatic carbocycles. The maximum Gasteiger partial charge on any atom is 0.410 e. The number of nitrogens with zero attached hydrogens (tertiary/aromatic N) is 3. The summed E-state index contributed by atoms with van der Waals surface area (Å²) >= 11 is 0. The number of anilines is 1. The summed E-state index contributed by atoms with van der Waals surface area (Å²) in [7, 11) is 0. The summed E-state index contributed by atoms with van der Waals surface area (Å²) in [5, 5.41) is 0. The van der Waals surface area contributed by atoms with Crippen molar-refractivity contribution in [3.8, 4) is 0 Å². The van der Waals surface area contributed by atoms with Crippen molar-refractivity contribution < 1.29 is 14.3 Å². The Morgan fingerprint density at radius 1 is 1.07 bits per heavy atom. The number of rotatable bonds is 4. The normalized spacial score (nSPS) is 20.1. The van der Waals surface area contributed by atoms with Crippen LogP contribution in [0.1, 0.15) is 36.4 Å². The Morgan fingerprint density at radius 3 is 2.71 bits per heavy atom. The fraction of sp³-hybridized carbons (Fsp3) is 0.455. The highest BCUT2D eigenvalue weighted by molar-refractivity contribution is 5.69. The number of amides is 1. The monoisotopic (exact) mass is 381 g/mol. The fourth-order valence-electron chi connectivity index (χ4n) is 3.98. The van der Waals surface area contributed by atoms with Crippen molar-refractivity contribution in [2.24, 2.45) is 0 Å². The van der Waals surface area contributed by atoms with Gasteiger partial charge in [-0.25, -0.2) is 9.78 Å². The van der Waals surface area contributed by atoms with Gasteiger partial charge >= 0.3 is 6.09 Å². The third kappa shape index (κ3) is 4.28. The first-order valence-corrected chi connectivity index (χ1v) is 10.1. The first-order valence-electron chi connectivity index (χ1n) is 10.1. The first-order chi connectivity index (χ1) is 13.8. The van der Waals surface area contributed by atoms with Gasteiger partial charge in [0, 0.05) is 31.4 Å². The summed E-state index contributed by atoms with van der Waals surface area (Å²) in [4.78, 5) is 21.7. The van der Waals surface area contributed by atoms with Crippen LogP contribution in [0, 0.1) is 0 Å². The zero-order valence-corrected chi connectivity index (χ0v) is 16.1. The third-order valence-corrected chi connectivity index (χ3v) is 5.43. The van der Waals surface area contributed by atoms with Crippen molar-refractivity contribution in [1.29, 1.82) is 0 Å². The van der Waals surface area contributed by atoms with Gasteiger partial charge in [0.25, 0.3) is 0 Å². The molecule has 0 aliphatic carbocycles. The van der Waals surface area contributed by atoms with E-state index in [2.05, 4.69) is 16.0 Å². The minimum absolute atomic E-state index is 0.00330. The molecule has 1 amide bonds. The molecule has 0 bridgehead atoms. The van der Waals surface area contributed by atoms with Crippen LogP contribution in [-0.2, 0) is 16.1 Å². The van der Waals surface area contributed by atoms with E-state index < -0.39 is 0 Å². The lowest BCUT2D eigenvalue weighted by molar-refractivity contribution is 0.0677. The number of hydrogen-bond donors (Lipinski definition) is 0. The Balaban J connectivity index is 1.51. The van der Waals surface area contributed by atoms with E-state index in [0.29, 0.717) is 19.8 Å². The number of likely N-dealkylation sites (tertiary alicyclic amines) is 1. The lowest BCUT2D eigenvalue weighted by Crippen LogP contribution is -2.41. The van der Waals surface area contributed by atoms with Crippen LogP contribution < -0.4 is 4.90 Å². The van der Waals surface area contributed by atoms with E-state index in [0.717, 1.165) is 55.8 Å². The predicted octanol–water partition coefficient (Wildman–Crippen LogP) is 3.78. The molecule has 0 spiro atoms. The zero-order valence-electron chi connectivity index (χ0n) is 16.1. The van der Waals surface area contributed by atoms with Crippen LogP contribution in [0.15, 0.2) is 48.7 Å². The average Bonchev–Trinajstić information content (AvgIpc) is 2.79. The van der Waals surface area contributed by atoms with Crippen molar-refractivity contribution in [3.05, 3.63) is 59.8 Å². The van der Waals surface area contributed by atoms with Crippen LogP contribution in [0.4, 0.5) is 10.6 Å². The van der Waals surface area contributed by atoms with Crippen molar-refractivity contribution in [2.45, 2.75) is 31.9 Å². The molecule has 2 saturated heterocycles. The van der Waals surface area contributed by atoms with Gasteiger partial charge in [0.05, 0.1) is 19.3 Å². The first kappa shape index (κ1) is 18.7. The lowest BCUT2D eigenvalue weighted by Gasteiger charge is -2.38. The van der Waals surface area contributed by atoms with E-state index in [9.17, 15) is 4.79 Å². The van der Waals surface area contributed by atoms with Crippen molar-refractivity contribution >= 4 is 11.9 Å². The number of hydrogen-bond acceptors (Lipinski definition) is 5. The topological polar surface area (TPSA) is 54.9 Å². The molecule has 28 heavy (non-hydrogen) atoms. The number of benzene rings is 1. The molecule has 6 nitrogen and oxygen atoms in total. The minimum atomic E-state index is -0.245. The predicted molar refractivity (Wildman–Crippen MR) is 107 cm³/mol. The van der Waals surface area contributed by atoms with Crippen LogP contribution in [0.3, 0.4) is 0 Å². The summed E-state index contributed by atoms with van der Waals surface area (Å²) in [6.07, 6.45) is 4.62. The number of carbonyl (C=O) groups is 1. The molecule has 4 rings (SSSR count). The molecular weight excluding hydrogens is 354 g/mol. The van der Waals surface area contributed by atoms with E-state index in [-0.39, 0.29) is 12.1 Å². The summed E-state index contributed by atoms with van der Waals surface area (Å²) in [5.41, 5.74) is 2.11. The van der Waals surface area contributed by atoms with Crippen molar-refractivity contribution in [3.63, 3.8) is 0 Å². The smallest absolute Gasteiger partial charge is 0.410 e. The second-order valence-electron chi connectivity index (χ2n) is 7.26. The number of carbonyl (C=O) groups excluding carboxylic acids is 1.